The van der Waals surface area contributed by atoms with Crippen molar-refractivity contribution in [3.8, 4) is 0 Å². The third-order valence-corrected chi connectivity index (χ3v) is 11.2. The molecule has 284 valence electrons. The number of anilines is 9. The Balaban J connectivity index is 1.16. The Morgan fingerprint density at radius 2 is 0.683 bits per heavy atom. The Morgan fingerprint density at radius 3 is 1.25 bits per heavy atom. The zero-order chi connectivity index (χ0) is 39.8. The summed E-state index contributed by atoms with van der Waals surface area (Å²) in [5.41, 5.74) is 10.9. The van der Waals surface area contributed by atoms with Crippen molar-refractivity contribution in [1.82, 2.24) is 4.98 Å². The van der Waals surface area contributed by atoms with Crippen LogP contribution in [-0.4, -0.2) is 4.98 Å². The van der Waals surface area contributed by atoms with Gasteiger partial charge >= 0.3 is 0 Å². The van der Waals surface area contributed by atoms with Crippen molar-refractivity contribution < 1.29 is 4.42 Å². The molecule has 60 heavy (non-hydrogen) atoms. The van der Waals surface area contributed by atoms with Gasteiger partial charge in [-0.05, 0) is 107 Å². The summed E-state index contributed by atoms with van der Waals surface area (Å²) in [5, 5.41) is 6.77. The van der Waals surface area contributed by atoms with Crippen molar-refractivity contribution in [3.63, 3.8) is 0 Å². The maximum Gasteiger partial charge on any atom is 0.143 e. The van der Waals surface area contributed by atoms with Gasteiger partial charge in [0.2, 0.25) is 0 Å². The van der Waals surface area contributed by atoms with Crippen molar-refractivity contribution >= 4 is 94.7 Å². The molecule has 0 unspecified atom stereocenters. The number of hydrogen-bond acceptors (Lipinski definition) is 5. The number of para-hydroxylation sites is 5. The van der Waals surface area contributed by atoms with Gasteiger partial charge in [0.1, 0.15) is 11.2 Å². The second-order valence-corrected chi connectivity index (χ2v) is 14.8. The average Bonchev–Trinajstić information content (AvgIpc) is 3.72. The minimum Gasteiger partial charge on any atom is -0.455 e. The lowest BCUT2D eigenvalue weighted by Gasteiger charge is -2.30. The Bertz CT molecular complexity index is 3070. The fourth-order valence-electron chi connectivity index (χ4n) is 8.61. The second kappa shape index (κ2) is 15.0. The van der Waals surface area contributed by atoms with Crippen LogP contribution in [0.5, 0.6) is 0 Å². The van der Waals surface area contributed by atoms with E-state index in [2.05, 4.69) is 215 Å². The number of pyridine rings is 1. The van der Waals surface area contributed by atoms with E-state index in [0.717, 1.165) is 89.3 Å². The first-order valence-corrected chi connectivity index (χ1v) is 20.2. The molecule has 0 saturated carbocycles. The summed E-state index contributed by atoms with van der Waals surface area (Å²) in [7, 11) is 0. The van der Waals surface area contributed by atoms with Gasteiger partial charge in [-0.15, -0.1) is 0 Å². The van der Waals surface area contributed by atoms with Crippen molar-refractivity contribution in [2.45, 2.75) is 0 Å². The van der Waals surface area contributed by atoms with E-state index in [1.807, 2.05) is 30.6 Å². The van der Waals surface area contributed by atoms with Crippen LogP contribution in [0.15, 0.2) is 235 Å². The number of nitrogens with zero attached hydrogens (tertiary/aromatic N) is 4. The Kier molecular flexibility index (Phi) is 8.75. The van der Waals surface area contributed by atoms with E-state index in [-0.39, 0.29) is 0 Å². The molecule has 0 N–H and O–H groups in total. The molecule has 11 rings (SSSR count). The molecule has 0 radical (unpaired) electrons. The standard InChI is InChI=1S/C55H38N4O/c1-5-18-39(19-6-1)57(40-20-7-2-8-21-40)43-26-17-27-44(34-43)59(47-35-46(37-56-38-47)58(41-22-9-3-10-23-41)42-24-11-4-12-25-42)45-32-33-49-48-28-13-14-29-50(48)55-54(52(49)36-45)51-30-15-16-31-53(51)60-55/h1-38H. The molecule has 5 heteroatoms. The van der Waals surface area contributed by atoms with Crippen LogP contribution in [0, 0.1) is 0 Å². The van der Waals surface area contributed by atoms with E-state index in [0.29, 0.717) is 0 Å². The van der Waals surface area contributed by atoms with Crippen LogP contribution in [-0.2, 0) is 0 Å². The van der Waals surface area contributed by atoms with Crippen molar-refractivity contribution in [1.29, 1.82) is 0 Å². The van der Waals surface area contributed by atoms with Crippen LogP contribution >= 0.6 is 0 Å². The predicted molar refractivity (Wildman–Crippen MR) is 251 cm³/mol. The summed E-state index contributed by atoms with van der Waals surface area (Å²) in [6.07, 6.45) is 3.91. The highest BCUT2D eigenvalue weighted by molar-refractivity contribution is 6.30. The van der Waals surface area contributed by atoms with Gasteiger partial charge < -0.3 is 19.1 Å². The van der Waals surface area contributed by atoms with Gasteiger partial charge in [-0.25, -0.2) is 0 Å². The molecule has 0 aliphatic rings. The summed E-state index contributed by atoms with van der Waals surface area (Å²) < 4.78 is 6.66. The molecule has 0 aliphatic carbocycles. The third-order valence-electron chi connectivity index (χ3n) is 11.2. The largest absolute Gasteiger partial charge is 0.455 e. The predicted octanol–water partition coefficient (Wildman–Crippen LogP) is 15.7. The third kappa shape index (κ3) is 6.17. The maximum atomic E-state index is 6.66. The molecule has 0 saturated heterocycles. The van der Waals surface area contributed by atoms with Gasteiger partial charge in [0, 0.05) is 56.0 Å². The van der Waals surface area contributed by atoms with Crippen LogP contribution < -0.4 is 14.7 Å². The lowest BCUT2D eigenvalue weighted by Crippen LogP contribution is -2.15. The topological polar surface area (TPSA) is 35.8 Å². The smallest absolute Gasteiger partial charge is 0.143 e. The summed E-state index contributed by atoms with van der Waals surface area (Å²) in [6, 6.07) is 76.8. The number of rotatable bonds is 9. The normalized spacial score (nSPS) is 11.3. The van der Waals surface area contributed by atoms with Crippen LogP contribution in [0.25, 0.3) is 43.5 Å². The molecule has 0 amide bonds. The number of benzene rings is 9. The maximum absolute atomic E-state index is 6.66. The SMILES string of the molecule is c1ccc(N(c2ccccc2)c2cccc(N(c3cncc(N(c4ccccc4)c4ccccc4)c3)c3ccc4c5ccccc5c5oc6ccccc6c5c4c3)c2)cc1. The van der Waals surface area contributed by atoms with E-state index in [9.17, 15) is 0 Å². The molecule has 2 heterocycles. The fraction of sp³-hybridized carbons (Fsp3) is 0. The number of fused-ring (bicyclic) bond motifs is 8. The quantitative estimate of drug-likeness (QED) is 0.137. The molecule has 0 spiro atoms. The fourth-order valence-corrected chi connectivity index (χ4v) is 8.61. The minimum absolute atomic E-state index is 0.876. The summed E-state index contributed by atoms with van der Waals surface area (Å²) in [5.74, 6) is 0. The Morgan fingerprint density at radius 1 is 0.283 bits per heavy atom. The zero-order valence-corrected chi connectivity index (χ0v) is 32.6. The van der Waals surface area contributed by atoms with Crippen molar-refractivity contribution in [2.24, 2.45) is 0 Å². The van der Waals surface area contributed by atoms with Gasteiger partial charge in [-0.1, -0.05) is 127 Å². The zero-order valence-electron chi connectivity index (χ0n) is 32.6. The summed E-state index contributed by atoms with van der Waals surface area (Å²) in [4.78, 5) is 11.8. The summed E-state index contributed by atoms with van der Waals surface area (Å²) >= 11 is 0. The van der Waals surface area contributed by atoms with Gasteiger partial charge in [-0.3, -0.25) is 4.98 Å². The van der Waals surface area contributed by atoms with E-state index in [1.54, 1.807) is 0 Å². The van der Waals surface area contributed by atoms with Crippen LogP contribution in [0.4, 0.5) is 51.2 Å². The molecule has 0 atom stereocenters. The van der Waals surface area contributed by atoms with Gasteiger partial charge in [-0.2, -0.15) is 0 Å². The minimum atomic E-state index is 0.876. The van der Waals surface area contributed by atoms with Gasteiger partial charge in [0.05, 0.1) is 23.8 Å². The summed E-state index contributed by atoms with van der Waals surface area (Å²) in [6.45, 7) is 0. The van der Waals surface area contributed by atoms with E-state index >= 15 is 0 Å². The van der Waals surface area contributed by atoms with Gasteiger partial charge in [0.25, 0.3) is 0 Å². The van der Waals surface area contributed by atoms with E-state index in [1.165, 1.54) is 5.39 Å². The molecule has 11 aromatic rings. The highest BCUT2D eigenvalue weighted by Crippen LogP contribution is 2.46. The molecule has 0 fully saturated rings. The first-order valence-electron chi connectivity index (χ1n) is 20.2. The second-order valence-electron chi connectivity index (χ2n) is 14.8. The number of aromatic nitrogens is 1. The molecule has 9 aromatic carbocycles. The average molecular weight is 771 g/mol. The highest BCUT2D eigenvalue weighted by Gasteiger charge is 2.22. The van der Waals surface area contributed by atoms with E-state index < -0.39 is 0 Å². The monoisotopic (exact) mass is 770 g/mol. The lowest BCUT2D eigenvalue weighted by molar-refractivity contribution is 0.673. The van der Waals surface area contributed by atoms with E-state index in [4.69, 9.17) is 9.40 Å². The Hall–Kier alpha value is -8.15. The molecule has 0 aliphatic heterocycles. The Labute approximate surface area is 348 Å². The molecule has 2 aromatic heterocycles. The van der Waals surface area contributed by atoms with Crippen LogP contribution in [0.2, 0.25) is 0 Å². The molecular weight excluding hydrogens is 733 g/mol. The molecular formula is C55H38N4O. The highest BCUT2D eigenvalue weighted by atomic mass is 16.3. The van der Waals surface area contributed by atoms with Crippen molar-refractivity contribution in [2.75, 3.05) is 14.7 Å². The van der Waals surface area contributed by atoms with Crippen molar-refractivity contribution in [3.05, 3.63) is 231 Å². The van der Waals surface area contributed by atoms with Crippen LogP contribution in [0.3, 0.4) is 0 Å². The number of hydrogen-bond donors (Lipinski definition) is 0. The molecule has 0 bridgehead atoms. The van der Waals surface area contributed by atoms with Crippen LogP contribution in [0.1, 0.15) is 0 Å². The molecule has 5 nitrogen and oxygen atoms in total. The lowest BCUT2D eigenvalue weighted by atomic mass is 9.96. The first-order chi connectivity index (χ1) is 29.8. The number of furan rings is 1. The van der Waals surface area contributed by atoms with Gasteiger partial charge in [0.15, 0.2) is 0 Å². The first kappa shape index (κ1) is 35.0.